The van der Waals surface area contributed by atoms with Crippen molar-refractivity contribution in [1.29, 1.82) is 0 Å². The van der Waals surface area contributed by atoms with E-state index >= 15 is 0 Å². The molecular formula is C8H8ClF2NO2. The minimum Gasteiger partial charge on any atom is -0.392 e. The van der Waals surface area contributed by atoms with Crippen LogP contribution in [0.1, 0.15) is 23.2 Å². The lowest BCUT2D eigenvalue weighted by Gasteiger charge is -2.09. The van der Waals surface area contributed by atoms with Gasteiger partial charge >= 0.3 is 0 Å². The van der Waals surface area contributed by atoms with Gasteiger partial charge in [-0.05, 0) is 11.1 Å². The van der Waals surface area contributed by atoms with Crippen LogP contribution in [0, 0.1) is 0 Å². The number of halogens is 3. The average Bonchev–Trinajstić information content (AvgIpc) is 2.16. The molecule has 3 nitrogen and oxygen atoms in total. The Morgan fingerprint density at radius 1 is 1.57 bits per heavy atom. The summed E-state index contributed by atoms with van der Waals surface area (Å²) in [4.78, 5) is 12.9. The molecule has 0 fully saturated rings. The van der Waals surface area contributed by atoms with Crippen LogP contribution in [0.15, 0.2) is 10.9 Å². The predicted molar refractivity (Wildman–Crippen MR) is 47.5 cm³/mol. The van der Waals surface area contributed by atoms with E-state index in [2.05, 4.69) is 0 Å². The number of aliphatic hydroxyl groups is 1. The Morgan fingerprint density at radius 3 is 2.64 bits per heavy atom. The Bertz CT molecular complexity index is 378. The van der Waals surface area contributed by atoms with E-state index in [1.54, 1.807) is 0 Å². The zero-order chi connectivity index (χ0) is 10.7. The van der Waals surface area contributed by atoms with Crippen molar-refractivity contribution in [3.63, 3.8) is 0 Å². The Labute approximate surface area is 83.3 Å². The number of aromatic amines is 1. The van der Waals surface area contributed by atoms with Crippen LogP contribution in [-0.2, 0) is 12.5 Å². The second-order valence-corrected chi connectivity index (χ2v) is 2.91. The van der Waals surface area contributed by atoms with Crippen molar-refractivity contribution in [1.82, 2.24) is 4.98 Å². The molecule has 1 heterocycles. The van der Waals surface area contributed by atoms with E-state index in [4.69, 9.17) is 16.7 Å². The highest BCUT2D eigenvalue weighted by molar-refractivity contribution is 6.17. The molecule has 78 valence electrons. The van der Waals surface area contributed by atoms with Crippen LogP contribution in [0.5, 0.6) is 0 Å². The van der Waals surface area contributed by atoms with Gasteiger partial charge in [-0.1, -0.05) is 0 Å². The average molecular weight is 224 g/mol. The first-order valence-electron chi connectivity index (χ1n) is 3.80. The molecule has 0 amide bonds. The first-order chi connectivity index (χ1) is 6.60. The third-order valence-electron chi connectivity index (χ3n) is 1.80. The Morgan fingerprint density at radius 2 is 2.21 bits per heavy atom. The number of aromatic nitrogens is 1. The number of aliphatic hydroxyl groups excluding tert-OH is 1. The van der Waals surface area contributed by atoms with E-state index in [0.29, 0.717) is 0 Å². The van der Waals surface area contributed by atoms with Crippen LogP contribution in [0.4, 0.5) is 8.78 Å². The number of rotatable bonds is 3. The highest BCUT2D eigenvalue weighted by Gasteiger charge is 2.16. The molecule has 0 spiro atoms. The second kappa shape index (κ2) is 4.52. The minimum absolute atomic E-state index is 0.0868. The molecule has 0 atom stereocenters. The van der Waals surface area contributed by atoms with Gasteiger partial charge in [0.15, 0.2) is 0 Å². The van der Waals surface area contributed by atoms with Gasteiger partial charge in [-0.15, -0.1) is 11.6 Å². The first-order valence-corrected chi connectivity index (χ1v) is 4.33. The topological polar surface area (TPSA) is 53.1 Å². The Hall–Kier alpha value is -0.940. The quantitative estimate of drug-likeness (QED) is 0.764. The van der Waals surface area contributed by atoms with Gasteiger partial charge in [0, 0.05) is 11.9 Å². The molecular weight excluding hydrogens is 216 g/mol. The third-order valence-corrected chi connectivity index (χ3v) is 2.07. The maximum atomic E-state index is 12.4. The van der Waals surface area contributed by atoms with Crippen molar-refractivity contribution in [3.8, 4) is 0 Å². The molecule has 0 aliphatic rings. The molecule has 1 rings (SSSR count). The number of hydrogen-bond acceptors (Lipinski definition) is 2. The van der Waals surface area contributed by atoms with Gasteiger partial charge in [-0.25, -0.2) is 8.78 Å². The maximum absolute atomic E-state index is 12.4. The fraction of sp³-hybridized carbons (Fsp3) is 0.375. The van der Waals surface area contributed by atoms with Crippen LogP contribution >= 0.6 is 11.6 Å². The highest BCUT2D eigenvalue weighted by Crippen LogP contribution is 2.23. The smallest absolute Gasteiger partial charge is 0.278 e. The van der Waals surface area contributed by atoms with Gasteiger partial charge in [-0.2, -0.15) is 0 Å². The van der Waals surface area contributed by atoms with Crippen molar-refractivity contribution in [2.45, 2.75) is 18.9 Å². The van der Waals surface area contributed by atoms with Gasteiger partial charge in [0.1, 0.15) is 0 Å². The zero-order valence-corrected chi connectivity index (χ0v) is 7.81. The van der Waals surface area contributed by atoms with E-state index in [-0.39, 0.29) is 17.0 Å². The summed E-state index contributed by atoms with van der Waals surface area (Å²) in [7, 11) is 0. The SMILES string of the molecule is O=c1cc(CO)c(CCl)c(C(F)F)[nH]1. The van der Waals surface area contributed by atoms with Crippen LogP contribution in [0.25, 0.3) is 0 Å². The molecule has 0 radical (unpaired) electrons. The van der Waals surface area contributed by atoms with E-state index in [9.17, 15) is 13.6 Å². The number of nitrogens with one attached hydrogen (secondary N) is 1. The number of alkyl halides is 3. The molecule has 0 aromatic carbocycles. The molecule has 0 aliphatic carbocycles. The summed E-state index contributed by atoms with van der Waals surface area (Å²) < 4.78 is 24.8. The third kappa shape index (κ3) is 2.10. The molecule has 0 saturated carbocycles. The van der Waals surface area contributed by atoms with E-state index in [1.165, 1.54) is 0 Å². The lowest BCUT2D eigenvalue weighted by molar-refractivity contribution is 0.144. The van der Waals surface area contributed by atoms with Crippen molar-refractivity contribution in [3.05, 3.63) is 33.2 Å². The number of pyridine rings is 1. The summed E-state index contributed by atoms with van der Waals surface area (Å²) in [5.74, 6) is -0.174. The molecule has 6 heteroatoms. The van der Waals surface area contributed by atoms with Crippen LogP contribution in [-0.4, -0.2) is 10.1 Å². The summed E-state index contributed by atoms with van der Waals surface area (Å²) >= 11 is 5.45. The van der Waals surface area contributed by atoms with Crippen LogP contribution < -0.4 is 5.56 Å². The van der Waals surface area contributed by atoms with Crippen LogP contribution in [0.2, 0.25) is 0 Å². The molecule has 0 aliphatic heterocycles. The molecule has 0 saturated heterocycles. The first kappa shape index (κ1) is 11.1. The van der Waals surface area contributed by atoms with E-state index in [1.807, 2.05) is 4.98 Å². The van der Waals surface area contributed by atoms with E-state index in [0.717, 1.165) is 6.07 Å². The summed E-state index contributed by atoms with van der Waals surface area (Å²) in [6.07, 6.45) is -2.80. The van der Waals surface area contributed by atoms with Crippen molar-refractivity contribution in [2.75, 3.05) is 0 Å². The summed E-state index contributed by atoms with van der Waals surface area (Å²) in [6, 6.07) is 1.06. The summed E-state index contributed by atoms with van der Waals surface area (Å²) in [6.45, 7) is -0.480. The summed E-state index contributed by atoms with van der Waals surface area (Å²) in [5.41, 5.74) is -0.961. The molecule has 0 bridgehead atoms. The number of H-pyrrole nitrogens is 1. The van der Waals surface area contributed by atoms with Gasteiger partial charge in [-0.3, -0.25) is 4.79 Å². The van der Waals surface area contributed by atoms with Crippen molar-refractivity contribution >= 4 is 11.6 Å². The van der Waals surface area contributed by atoms with Crippen molar-refractivity contribution in [2.24, 2.45) is 0 Å². The summed E-state index contributed by atoms with van der Waals surface area (Å²) in [5, 5.41) is 8.82. The van der Waals surface area contributed by atoms with Crippen LogP contribution in [0.3, 0.4) is 0 Å². The predicted octanol–water partition coefficient (Wildman–Crippen LogP) is 1.54. The Kier molecular flexibility index (Phi) is 3.60. The number of hydrogen-bond donors (Lipinski definition) is 2. The lowest BCUT2D eigenvalue weighted by atomic mass is 10.1. The van der Waals surface area contributed by atoms with Gasteiger partial charge in [0.2, 0.25) is 5.56 Å². The van der Waals surface area contributed by atoms with Gasteiger partial charge in [0.05, 0.1) is 12.3 Å². The fourth-order valence-electron chi connectivity index (χ4n) is 1.15. The van der Waals surface area contributed by atoms with Gasteiger partial charge < -0.3 is 10.1 Å². The van der Waals surface area contributed by atoms with E-state index < -0.39 is 24.3 Å². The van der Waals surface area contributed by atoms with Crippen molar-refractivity contribution < 1.29 is 13.9 Å². The normalized spacial score (nSPS) is 10.9. The Balaban J connectivity index is 3.39. The zero-order valence-electron chi connectivity index (χ0n) is 7.06. The standard InChI is InChI=1S/C8H8ClF2NO2/c9-2-5-4(3-13)1-6(14)12-7(5)8(10)11/h1,8,13H,2-3H2,(H,12,14). The highest BCUT2D eigenvalue weighted by atomic mass is 35.5. The molecule has 14 heavy (non-hydrogen) atoms. The second-order valence-electron chi connectivity index (χ2n) is 2.64. The molecule has 2 N–H and O–H groups in total. The largest absolute Gasteiger partial charge is 0.392 e. The molecule has 1 aromatic heterocycles. The maximum Gasteiger partial charge on any atom is 0.278 e. The monoisotopic (exact) mass is 223 g/mol. The molecule has 0 unspecified atom stereocenters. The lowest BCUT2D eigenvalue weighted by Crippen LogP contribution is -2.14. The fourth-order valence-corrected chi connectivity index (χ4v) is 1.46. The minimum atomic E-state index is -2.80. The molecule has 1 aromatic rings. The van der Waals surface area contributed by atoms with Gasteiger partial charge in [0.25, 0.3) is 6.43 Å².